The van der Waals surface area contributed by atoms with Crippen LogP contribution in [0.15, 0.2) is 36.5 Å². The predicted molar refractivity (Wildman–Crippen MR) is 46.8 cm³/mol. The van der Waals surface area contributed by atoms with Gasteiger partial charge in [0, 0.05) is 6.07 Å². The minimum Gasteiger partial charge on any atom is -1.00 e. The number of aromatic hydroxyl groups is 1. The third-order valence-electron chi connectivity index (χ3n) is 1.98. The Morgan fingerprint density at radius 1 is 1.15 bits per heavy atom. The van der Waals surface area contributed by atoms with Crippen LogP contribution in [0.25, 0.3) is 10.9 Å². The largest absolute Gasteiger partial charge is 1.00 e. The third-order valence-corrected chi connectivity index (χ3v) is 1.98. The van der Waals surface area contributed by atoms with Crippen LogP contribution < -0.4 is 17.0 Å². The van der Waals surface area contributed by atoms with Crippen molar-refractivity contribution in [3.05, 3.63) is 36.5 Å². The molecule has 0 bridgehead atoms. The zero-order chi connectivity index (χ0) is 8.55. The van der Waals surface area contributed by atoms with E-state index < -0.39 is 0 Å². The van der Waals surface area contributed by atoms with Crippen LogP contribution in [-0.2, 0) is 7.05 Å². The number of aromatic nitrogens is 1. The Morgan fingerprint density at radius 3 is 2.54 bits per heavy atom. The Labute approximate surface area is 82.9 Å². The maximum absolute atomic E-state index is 9.53. The maximum Gasteiger partial charge on any atom is 0.254 e. The Kier molecular flexibility index (Phi) is 2.73. The number of benzene rings is 1. The van der Waals surface area contributed by atoms with Gasteiger partial charge >= 0.3 is 0 Å². The minimum atomic E-state index is 0. The number of aryl methyl sites for hydroxylation is 1. The maximum atomic E-state index is 9.53. The average molecular weight is 196 g/mol. The molecule has 0 unspecified atom stereocenters. The van der Waals surface area contributed by atoms with Crippen LogP contribution in [0.4, 0.5) is 0 Å². The molecular weight excluding hydrogens is 186 g/mol. The molecule has 0 saturated heterocycles. The molecule has 68 valence electrons. The summed E-state index contributed by atoms with van der Waals surface area (Å²) in [5.74, 6) is 0.329. The quantitative estimate of drug-likeness (QED) is 0.502. The second-order valence-electron chi connectivity index (χ2n) is 2.83. The molecule has 3 heteroatoms. The van der Waals surface area contributed by atoms with Gasteiger partial charge in [-0.25, -0.2) is 0 Å². The second-order valence-corrected chi connectivity index (χ2v) is 2.83. The lowest BCUT2D eigenvalue weighted by Crippen LogP contribution is -3.00. The fraction of sp³-hybridized carbons (Fsp3) is 0.100. The van der Waals surface area contributed by atoms with Gasteiger partial charge in [0.15, 0.2) is 11.9 Å². The number of phenols is 1. The molecule has 0 atom stereocenters. The van der Waals surface area contributed by atoms with Crippen LogP contribution >= 0.6 is 0 Å². The van der Waals surface area contributed by atoms with Gasteiger partial charge in [-0.3, -0.25) is 0 Å². The van der Waals surface area contributed by atoms with E-state index in [1.165, 1.54) is 0 Å². The van der Waals surface area contributed by atoms with Gasteiger partial charge in [0.2, 0.25) is 0 Å². The summed E-state index contributed by atoms with van der Waals surface area (Å²) in [6, 6.07) is 9.46. The van der Waals surface area contributed by atoms with Gasteiger partial charge in [0.25, 0.3) is 5.52 Å². The minimum absolute atomic E-state index is 0. The summed E-state index contributed by atoms with van der Waals surface area (Å²) < 4.78 is 1.91. The first-order valence-corrected chi connectivity index (χ1v) is 3.85. The number of para-hydroxylation sites is 1. The Balaban J connectivity index is 0.000000845. The van der Waals surface area contributed by atoms with Gasteiger partial charge in [-0.15, -0.1) is 0 Å². The highest BCUT2D eigenvalue weighted by Crippen LogP contribution is 2.19. The highest BCUT2D eigenvalue weighted by Gasteiger charge is 2.07. The summed E-state index contributed by atoms with van der Waals surface area (Å²) in [5.41, 5.74) is 0.875. The number of hydrogen-bond donors (Lipinski definition) is 1. The van der Waals surface area contributed by atoms with Crippen LogP contribution in [0.2, 0.25) is 0 Å². The van der Waals surface area contributed by atoms with Crippen LogP contribution in [0.3, 0.4) is 0 Å². The average Bonchev–Trinajstić information content (AvgIpc) is 2.04. The molecule has 2 rings (SSSR count). The lowest BCUT2D eigenvalue weighted by molar-refractivity contribution is -0.645. The molecule has 0 radical (unpaired) electrons. The van der Waals surface area contributed by atoms with Crippen LogP contribution in [0.1, 0.15) is 0 Å². The van der Waals surface area contributed by atoms with E-state index in [-0.39, 0.29) is 12.4 Å². The summed E-state index contributed by atoms with van der Waals surface area (Å²) in [5, 5.41) is 10.6. The molecule has 1 aromatic carbocycles. The van der Waals surface area contributed by atoms with Crippen molar-refractivity contribution < 1.29 is 22.1 Å². The fourth-order valence-corrected chi connectivity index (χ4v) is 1.42. The zero-order valence-electron chi connectivity index (χ0n) is 7.24. The first kappa shape index (κ1) is 9.81. The van der Waals surface area contributed by atoms with E-state index in [4.69, 9.17) is 0 Å². The predicted octanol–water partition coefficient (Wildman–Crippen LogP) is -1.63. The van der Waals surface area contributed by atoms with Gasteiger partial charge < -0.3 is 17.5 Å². The number of pyridine rings is 1. The van der Waals surface area contributed by atoms with E-state index >= 15 is 0 Å². The van der Waals surface area contributed by atoms with E-state index in [0.29, 0.717) is 5.75 Å². The molecule has 13 heavy (non-hydrogen) atoms. The van der Waals surface area contributed by atoms with Crippen LogP contribution in [0.5, 0.6) is 5.75 Å². The molecule has 0 spiro atoms. The third kappa shape index (κ3) is 1.58. The van der Waals surface area contributed by atoms with Gasteiger partial charge in [0.05, 0.1) is 5.39 Å². The number of phenolic OH excluding ortho intramolecular Hbond substituents is 1. The molecule has 0 aliphatic rings. The molecule has 0 aliphatic carbocycles. The molecule has 1 heterocycles. The summed E-state index contributed by atoms with van der Waals surface area (Å²) in [4.78, 5) is 0. The van der Waals surface area contributed by atoms with Crippen molar-refractivity contribution in [3.8, 4) is 5.75 Å². The molecule has 2 nitrogen and oxygen atoms in total. The van der Waals surface area contributed by atoms with E-state index in [1.807, 2.05) is 42.1 Å². The van der Waals surface area contributed by atoms with Crippen molar-refractivity contribution in [2.24, 2.45) is 7.05 Å². The number of fused-ring (bicyclic) bond motifs is 1. The first-order valence-electron chi connectivity index (χ1n) is 3.85. The molecule has 1 aromatic heterocycles. The molecule has 1 N–H and O–H groups in total. The number of hydrogen-bond acceptors (Lipinski definition) is 1. The lowest BCUT2D eigenvalue weighted by Gasteiger charge is -1.96. The van der Waals surface area contributed by atoms with Crippen molar-refractivity contribution in [2.45, 2.75) is 0 Å². The number of nitrogens with zero attached hydrogens (tertiary/aromatic N) is 1. The summed E-state index contributed by atoms with van der Waals surface area (Å²) in [6.45, 7) is 0. The highest BCUT2D eigenvalue weighted by molar-refractivity contribution is 5.80. The lowest BCUT2D eigenvalue weighted by atomic mass is 10.2. The van der Waals surface area contributed by atoms with Crippen LogP contribution in [-0.4, -0.2) is 5.11 Å². The van der Waals surface area contributed by atoms with Crippen LogP contribution in [0, 0.1) is 0 Å². The zero-order valence-corrected chi connectivity index (χ0v) is 7.99. The standard InChI is InChI=1S/C10H9NO.ClH/c1-11-7-3-5-8-4-2-6-9(12)10(8)11;/h2-7H,1H3;1H. The molecule has 0 fully saturated rings. The highest BCUT2D eigenvalue weighted by atomic mass is 35.5. The molecule has 0 amide bonds. The van der Waals surface area contributed by atoms with E-state index in [2.05, 4.69) is 0 Å². The number of rotatable bonds is 0. The molecular formula is C10H10ClNO. The topological polar surface area (TPSA) is 24.1 Å². The molecule has 0 aliphatic heterocycles. The van der Waals surface area contributed by atoms with Crippen molar-refractivity contribution in [3.63, 3.8) is 0 Å². The molecule has 2 aromatic rings. The van der Waals surface area contributed by atoms with E-state index in [9.17, 15) is 5.11 Å². The monoisotopic (exact) mass is 195 g/mol. The van der Waals surface area contributed by atoms with Gasteiger partial charge in [-0.2, -0.15) is 4.57 Å². The summed E-state index contributed by atoms with van der Waals surface area (Å²) in [6.07, 6.45) is 1.92. The van der Waals surface area contributed by atoms with Crippen molar-refractivity contribution in [1.29, 1.82) is 0 Å². The number of halogens is 1. The van der Waals surface area contributed by atoms with Crippen molar-refractivity contribution >= 4 is 10.9 Å². The fourth-order valence-electron chi connectivity index (χ4n) is 1.42. The van der Waals surface area contributed by atoms with Crippen molar-refractivity contribution in [2.75, 3.05) is 0 Å². The SMILES string of the molecule is C[n+]1cccc2cccc(O)c21.[Cl-]. The molecule has 0 saturated carbocycles. The summed E-state index contributed by atoms with van der Waals surface area (Å²) in [7, 11) is 1.92. The van der Waals surface area contributed by atoms with Gasteiger partial charge in [-0.1, -0.05) is 6.07 Å². The van der Waals surface area contributed by atoms with Crippen molar-refractivity contribution in [1.82, 2.24) is 0 Å². The smallest absolute Gasteiger partial charge is 0.254 e. The van der Waals surface area contributed by atoms with Gasteiger partial charge in [0.1, 0.15) is 7.05 Å². The normalized spacial score (nSPS) is 9.62. The Morgan fingerprint density at radius 2 is 1.85 bits per heavy atom. The van der Waals surface area contributed by atoms with E-state index in [1.54, 1.807) is 6.07 Å². The van der Waals surface area contributed by atoms with Gasteiger partial charge in [-0.05, 0) is 18.2 Å². The Bertz CT molecular complexity index is 391. The summed E-state index contributed by atoms with van der Waals surface area (Å²) >= 11 is 0. The first-order chi connectivity index (χ1) is 5.79. The Hall–Kier alpha value is -1.28. The van der Waals surface area contributed by atoms with E-state index in [0.717, 1.165) is 10.9 Å². The second kappa shape index (κ2) is 3.62.